The molecule has 0 aliphatic rings. The molecule has 0 aliphatic heterocycles. The van der Waals surface area contributed by atoms with E-state index in [9.17, 15) is 0 Å². The molecular weight excluding hydrogens is 246 g/mol. The predicted molar refractivity (Wildman–Crippen MR) is 54.5 cm³/mol. The molecule has 0 aromatic carbocycles. The smallest absolute Gasteiger partial charge is 0.102 e. The highest BCUT2D eigenvalue weighted by atomic mass is 79.9. The van der Waals surface area contributed by atoms with E-state index in [1.807, 2.05) is 0 Å². The van der Waals surface area contributed by atoms with Gasteiger partial charge >= 0.3 is 0 Å². The molecule has 4 heteroatoms. The second kappa shape index (κ2) is 9.90. The summed E-state index contributed by atoms with van der Waals surface area (Å²) in [4.78, 5) is 0. The minimum Gasteiger partial charge on any atom is -1.00 e. The lowest BCUT2D eigenvalue weighted by molar-refractivity contribution is -0.910. The van der Waals surface area contributed by atoms with Crippen molar-refractivity contribution in [2.75, 3.05) is 39.9 Å². The van der Waals surface area contributed by atoms with Crippen LogP contribution in [0, 0.1) is 0 Å². The number of nitrogens with zero attached hydrogens (tertiary/aromatic N) is 1. The molecule has 0 saturated carbocycles. The Kier molecular flexibility index (Phi) is 11.9. The van der Waals surface area contributed by atoms with Gasteiger partial charge in [-0.2, -0.15) is 0 Å². The molecule has 0 saturated heterocycles. The van der Waals surface area contributed by atoms with Gasteiger partial charge < -0.3 is 31.7 Å². The topological polar surface area (TPSA) is 40.5 Å². The van der Waals surface area contributed by atoms with Crippen molar-refractivity contribution in [3.05, 3.63) is 0 Å². The van der Waals surface area contributed by atoms with Gasteiger partial charge in [-0.25, -0.2) is 0 Å². The number of aliphatic hydroxyl groups is 2. The number of hydrogen-bond donors (Lipinski definition) is 2. The second-order valence-electron chi connectivity index (χ2n) is 3.94. The summed E-state index contributed by atoms with van der Waals surface area (Å²) < 4.78 is 0.799. The van der Waals surface area contributed by atoms with Gasteiger partial charge in [0.05, 0.1) is 26.8 Å². The zero-order chi connectivity index (χ0) is 10.2. The summed E-state index contributed by atoms with van der Waals surface area (Å²) in [6, 6.07) is 0. The average Bonchev–Trinajstić information content (AvgIpc) is 2.05. The Balaban J connectivity index is 0. The molecule has 0 fully saturated rings. The number of halogens is 1. The Bertz CT molecular complexity index is 117. The third kappa shape index (κ3) is 7.74. The van der Waals surface area contributed by atoms with Gasteiger partial charge in [0, 0.05) is 0 Å². The quantitative estimate of drug-likeness (QED) is 0.382. The number of unbranched alkanes of at least 4 members (excludes halogenated alkanes) is 2. The lowest BCUT2D eigenvalue weighted by Gasteiger charge is -2.33. The van der Waals surface area contributed by atoms with Crippen molar-refractivity contribution in [1.82, 2.24) is 0 Å². The fourth-order valence-corrected chi connectivity index (χ4v) is 1.56. The van der Waals surface area contributed by atoms with E-state index < -0.39 is 0 Å². The predicted octanol–water partition coefficient (Wildman–Crippen LogP) is -2.39. The van der Waals surface area contributed by atoms with Gasteiger partial charge in [-0.3, -0.25) is 0 Å². The molecule has 2 N–H and O–H groups in total. The Hall–Kier alpha value is 0.360. The van der Waals surface area contributed by atoms with Crippen LogP contribution >= 0.6 is 0 Å². The van der Waals surface area contributed by atoms with Crippen molar-refractivity contribution in [2.45, 2.75) is 26.2 Å². The van der Waals surface area contributed by atoms with Crippen LogP contribution in [0.3, 0.4) is 0 Å². The largest absolute Gasteiger partial charge is 1.00 e. The first-order chi connectivity index (χ1) is 6.18. The van der Waals surface area contributed by atoms with Crippen LogP contribution < -0.4 is 17.0 Å². The van der Waals surface area contributed by atoms with Gasteiger partial charge in [-0.05, 0) is 12.8 Å². The summed E-state index contributed by atoms with van der Waals surface area (Å²) in [7, 11) is 2.10. The number of likely N-dealkylation sites (N-methyl/N-ethyl adjacent to an activating group) is 1. The van der Waals surface area contributed by atoms with Crippen LogP contribution in [0.2, 0.25) is 0 Å². The molecule has 0 aromatic rings. The first-order valence-corrected chi connectivity index (χ1v) is 5.24. The highest BCUT2D eigenvalue weighted by Crippen LogP contribution is 2.05. The zero-order valence-electron chi connectivity index (χ0n) is 9.38. The minimum atomic E-state index is 0. The molecule has 0 aromatic heterocycles. The van der Waals surface area contributed by atoms with Gasteiger partial charge in [-0.15, -0.1) is 0 Å². The summed E-state index contributed by atoms with van der Waals surface area (Å²) in [5.41, 5.74) is 0. The maximum absolute atomic E-state index is 8.89. The molecule has 14 heavy (non-hydrogen) atoms. The molecular formula is C10H24BrNO2. The highest BCUT2D eigenvalue weighted by Gasteiger charge is 2.18. The lowest BCUT2D eigenvalue weighted by atomic mass is 10.2. The van der Waals surface area contributed by atoms with E-state index in [0.29, 0.717) is 0 Å². The standard InChI is InChI=1S/C10H24NO2.BrH/c1-3-4-5-6-11(2,7-9-12)8-10-13;/h12-13H,3-10H2,1-2H3;1H/q+1;/p-1. The molecule has 0 bridgehead atoms. The van der Waals surface area contributed by atoms with Gasteiger partial charge in [-0.1, -0.05) is 13.3 Å². The number of hydrogen-bond acceptors (Lipinski definition) is 2. The van der Waals surface area contributed by atoms with E-state index in [1.54, 1.807) is 0 Å². The van der Waals surface area contributed by atoms with E-state index in [-0.39, 0.29) is 30.2 Å². The molecule has 0 amide bonds. The van der Waals surface area contributed by atoms with Crippen LogP contribution in [0.15, 0.2) is 0 Å². The zero-order valence-corrected chi connectivity index (χ0v) is 11.0. The van der Waals surface area contributed by atoms with E-state index >= 15 is 0 Å². The first kappa shape index (κ1) is 16.8. The third-order valence-corrected chi connectivity index (χ3v) is 2.58. The van der Waals surface area contributed by atoms with Gasteiger partial charge in [0.25, 0.3) is 0 Å². The van der Waals surface area contributed by atoms with Crippen molar-refractivity contribution >= 4 is 0 Å². The van der Waals surface area contributed by atoms with Crippen LogP contribution in [0.1, 0.15) is 26.2 Å². The summed E-state index contributed by atoms with van der Waals surface area (Å²) in [5.74, 6) is 0. The Morgan fingerprint density at radius 3 is 1.79 bits per heavy atom. The summed E-state index contributed by atoms with van der Waals surface area (Å²) in [6.07, 6.45) is 3.65. The van der Waals surface area contributed by atoms with E-state index in [0.717, 1.165) is 24.1 Å². The van der Waals surface area contributed by atoms with Crippen molar-refractivity contribution in [2.24, 2.45) is 0 Å². The van der Waals surface area contributed by atoms with Crippen molar-refractivity contribution in [3.8, 4) is 0 Å². The molecule has 0 atom stereocenters. The molecule has 0 aliphatic carbocycles. The fraction of sp³-hybridized carbons (Fsp3) is 1.00. The molecule has 88 valence electrons. The molecule has 0 spiro atoms. The van der Waals surface area contributed by atoms with Gasteiger partial charge in [0.15, 0.2) is 0 Å². The van der Waals surface area contributed by atoms with Crippen molar-refractivity contribution in [1.29, 1.82) is 0 Å². The Labute approximate surface area is 98.1 Å². The first-order valence-electron chi connectivity index (χ1n) is 5.24. The van der Waals surface area contributed by atoms with E-state index in [1.165, 1.54) is 19.3 Å². The normalized spacial score (nSPS) is 11.1. The van der Waals surface area contributed by atoms with Crippen LogP contribution in [0.4, 0.5) is 0 Å². The summed E-state index contributed by atoms with van der Waals surface area (Å²) in [5, 5.41) is 17.8. The van der Waals surface area contributed by atoms with Crippen molar-refractivity contribution < 1.29 is 31.7 Å². The SMILES string of the molecule is CCCCC[N+](C)(CCO)CCO.[Br-]. The van der Waals surface area contributed by atoms with Crippen LogP contribution in [-0.4, -0.2) is 54.6 Å². The van der Waals surface area contributed by atoms with Crippen LogP contribution in [0.5, 0.6) is 0 Å². The van der Waals surface area contributed by atoms with Crippen LogP contribution in [-0.2, 0) is 0 Å². The molecule has 0 radical (unpaired) electrons. The summed E-state index contributed by atoms with van der Waals surface area (Å²) in [6.45, 7) is 5.18. The number of aliphatic hydroxyl groups excluding tert-OH is 2. The minimum absolute atomic E-state index is 0. The Morgan fingerprint density at radius 1 is 0.929 bits per heavy atom. The maximum Gasteiger partial charge on any atom is 0.102 e. The highest BCUT2D eigenvalue weighted by molar-refractivity contribution is 4.42. The number of rotatable bonds is 8. The lowest BCUT2D eigenvalue weighted by Crippen LogP contribution is -3.00. The second-order valence-corrected chi connectivity index (χ2v) is 3.94. The van der Waals surface area contributed by atoms with Crippen molar-refractivity contribution in [3.63, 3.8) is 0 Å². The molecule has 3 nitrogen and oxygen atoms in total. The molecule has 0 unspecified atom stereocenters. The van der Waals surface area contributed by atoms with E-state index in [4.69, 9.17) is 10.2 Å². The van der Waals surface area contributed by atoms with Gasteiger partial charge in [0.1, 0.15) is 13.1 Å². The number of quaternary nitrogens is 1. The monoisotopic (exact) mass is 269 g/mol. The van der Waals surface area contributed by atoms with Crippen LogP contribution in [0.25, 0.3) is 0 Å². The molecule has 0 rings (SSSR count). The summed E-state index contributed by atoms with van der Waals surface area (Å²) >= 11 is 0. The Morgan fingerprint density at radius 2 is 1.43 bits per heavy atom. The van der Waals surface area contributed by atoms with Gasteiger partial charge in [0.2, 0.25) is 0 Å². The fourth-order valence-electron chi connectivity index (χ4n) is 1.56. The third-order valence-electron chi connectivity index (χ3n) is 2.58. The van der Waals surface area contributed by atoms with E-state index in [2.05, 4.69) is 14.0 Å². The molecule has 0 heterocycles. The maximum atomic E-state index is 8.89. The average molecular weight is 270 g/mol.